The van der Waals surface area contributed by atoms with Crippen LogP contribution < -0.4 is 5.32 Å². The Bertz CT molecular complexity index is 1090. The number of carbonyl (C=O) groups excluding carboxylic acids is 2. The first-order valence-corrected chi connectivity index (χ1v) is 9.53. The minimum absolute atomic E-state index is 0.0836. The molecule has 1 aliphatic heterocycles. The maximum absolute atomic E-state index is 12.5. The fraction of sp³-hybridized carbons (Fsp3) is 0.182. The average molecular weight is 385 g/mol. The highest BCUT2D eigenvalue weighted by Gasteiger charge is 2.32. The highest BCUT2D eigenvalue weighted by molar-refractivity contribution is 6.11. The molecule has 0 bridgehead atoms. The molecule has 2 aliphatic rings. The topological polar surface area (TPSA) is 91.0 Å². The van der Waals surface area contributed by atoms with E-state index in [2.05, 4.69) is 27.1 Å². The summed E-state index contributed by atoms with van der Waals surface area (Å²) in [5.74, 6) is 1.63. The van der Waals surface area contributed by atoms with Gasteiger partial charge in [0.1, 0.15) is 12.4 Å². The number of rotatable bonds is 5. The van der Waals surface area contributed by atoms with Crippen LogP contribution in [-0.2, 0) is 4.79 Å². The Morgan fingerprint density at radius 3 is 2.55 bits per heavy atom. The summed E-state index contributed by atoms with van der Waals surface area (Å²) in [6.07, 6.45) is 2.33. The summed E-state index contributed by atoms with van der Waals surface area (Å²) >= 11 is 0. The molecule has 1 aliphatic carbocycles. The van der Waals surface area contributed by atoms with Gasteiger partial charge in [0, 0.05) is 34.0 Å². The molecule has 2 amide bonds. The predicted octanol–water partition coefficient (Wildman–Crippen LogP) is 3.41. The zero-order chi connectivity index (χ0) is 20.0. The van der Waals surface area contributed by atoms with Gasteiger partial charge in [-0.05, 0) is 43.2 Å². The lowest BCUT2D eigenvalue weighted by atomic mass is 10.1. The first kappa shape index (κ1) is 17.4. The summed E-state index contributed by atoms with van der Waals surface area (Å²) in [4.78, 5) is 30.9. The van der Waals surface area contributed by atoms with Gasteiger partial charge in [-0.3, -0.25) is 19.6 Å². The first-order valence-electron chi connectivity index (χ1n) is 9.53. The fourth-order valence-electron chi connectivity index (χ4n) is 3.49. The van der Waals surface area contributed by atoms with E-state index in [1.165, 1.54) is 4.90 Å². The molecule has 29 heavy (non-hydrogen) atoms. The lowest BCUT2D eigenvalue weighted by Crippen LogP contribution is -2.32. The zero-order valence-electron chi connectivity index (χ0n) is 15.7. The molecule has 1 fully saturated rings. The van der Waals surface area contributed by atoms with E-state index in [1.54, 1.807) is 24.3 Å². The van der Waals surface area contributed by atoms with Crippen LogP contribution in [0.2, 0.25) is 0 Å². The van der Waals surface area contributed by atoms with Crippen molar-refractivity contribution >= 4 is 23.2 Å². The monoisotopic (exact) mass is 385 g/mol. The molecular formula is C22H19N5O2. The van der Waals surface area contributed by atoms with Gasteiger partial charge in [0.15, 0.2) is 5.82 Å². The quantitative estimate of drug-likeness (QED) is 0.704. The van der Waals surface area contributed by atoms with Crippen LogP contribution in [0.3, 0.4) is 0 Å². The molecular weight excluding hydrogens is 366 g/mol. The number of anilines is 1. The first-order chi connectivity index (χ1) is 14.1. The van der Waals surface area contributed by atoms with Gasteiger partial charge in [-0.25, -0.2) is 4.98 Å². The molecule has 1 aromatic heterocycles. The SMILES string of the molecule is C=C1c2ccccc2C(=O)N1CC(=O)Nc1ccc(-c2n[nH]c(C3CC3)n2)cc1. The molecule has 2 heterocycles. The maximum atomic E-state index is 12.5. The Morgan fingerprint density at radius 2 is 1.86 bits per heavy atom. The molecule has 5 rings (SSSR count). The normalized spacial score (nSPS) is 15.5. The van der Waals surface area contributed by atoms with Crippen LogP contribution in [0, 0.1) is 0 Å². The second-order valence-electron chi connectivity index (χ2n) is 7.33. The molecule has 7 heteroatoms. The van der Waals surface area contributed by atoms with Crippen LogP contribution in [0.1, 0.15) is 40.5 Å². The third-order valence-corrected chi connectivity index (χ3v) is 5.23. The van der Waals surface area contributed by atoms with Gasteiger partial charge < -0.3 is 5.32 Å². The van der Waals surface area contributed by atoms with E-state index in [0.29, 0.717) is 28.7 Å². The van der Waals surface area contributed by atoms with Gasteiger partial charge in [-0.1, -0.05) is 24.8 Å². The Labute approximate surface area is 167 Å². The number of amides is 2. The highest BCUT2D eigenvalue weighted by Crippen LogP contribution is 2.38. The number of carbonyl (C=O) groups is 2. The van der Waals surface area contributed by atoms with E-state index in [9.17, 15) is 9.59 Å². The summed E-state index contributed by atoms with van der Waals surface area (Å²) in [6.45, 7) is 3.88. The number of aromatic nitrogens is 3. The average Bonchev–Trinajstić information content (AvgIpc) is 3.43. The summed E-state index contributed by atoms with van der Waals surface area (Å²) in [6, 6.07) is 14.6. The van der Waals surface area contributed by atoms with Gasteiger partial charge >= 0.3 is 0 Å². The molecule has 0 spiro atoms. The summed E-state index contributed by atoms with van der Waals surface area (Å²) < 4.78 is 0. The van der Waals surface area contributed by atoms with E-state index in [-0.39, 0.29) is 18.4 Å². The predicted molar refractivity (Wildman–Crippen MR) is 109 cm³/mol. The Kier molecular flexibility index (Phi) is 4.01. The third-order valence-electron chi connectivity index (χ3n) is 5.23. The Hall–Kier alpha value is -3.74. The molecule has 2 N–H and O–H groups in total. The molecule has 7 nitrogen and oxygen atoms in total. The number of fused-ring (bicyclic) bond motifs is 1. The number of aromatic amines is 1. The van der Waals surface area contributed by atoms with Crippen molar-refractivity contribution in [3.63, 3.8) is 0 Å². The van der Waals surface area contributed by atoms with Crippen molar-refractivity contribution in [3.8, 4) is 11.4 Å². The van der Waals surface area contributed by atoms with E-state index in [1.807, 2.05) is 24.3 Å². The molecule has 3 aromatic rings. The summed E-state index contributed by atoms with van der Waals surface area (Å²) in [5, 5.41) is 10.1. The van der Waals surface area contributed by atoms with E-state index in [4.69, 9.17) is 0 Å². The molecule has 2 aromatic carbocycles. The molecule has 0 radical (unpaired) electrons. The molecule has 144 valence electrons. The van der Waals surface area contributed by atoms with Gasteiger partial charge in [-0.2, -0.15) is 5.10 Å². The van der Waals surface area contributed by atoms with Gasteiger partial charge in [-0.15, -0.1) is 0 Å². The molecule has 1 saturated carbocycles. The van der Waals surface area contributed by atoms with Crippen molar-refractivity contribution in [1.29, 1.82) is 0 Å². The van der Waals surface area contributed by atoms with E-state index >= 15 is 0 Å². The van der Waals surface area contributed by atoms with E-state index < -0.39 is 0 Å². The van der Waals surface area contributed by atoms with Gasteiger partial charge in [0.2, 0.25) is 5.91 Å². The van der Waals surface area contributed by atoms with Crippen LogP contribution >= 0.6 is 0 Å². The van der Waals surface area contributed by atoms with Crippen molar-refractivity contribution in [3.05, 3.63) is 72.1 Å². The maximum Gasteiger partial charge on any atom is 0.259 e. The molecule has 0 saturated heterocycles. The number of nitrogens with zero attached hydrogens (tertiary/aromatic N) is 3. The van der Waals surface area contributed by atoms with Crippen molar-refractivity contribution in [2.75, 3.05) is 11.9 Å². The van der Waals surface area contributed by atoms with Crippen LogP contribution in [0.15, 0.2) is 55.1 Å². The van der Waals surface area contributed by atoms with Crippen LogP contribution in [0.4, 0.5) is 5.69 Å². The summed E-state index contributed by atoms with van der Waals surface area (Å²) in [5.41, 5.74) is 3.42. The van der Waals surface area contributed by atoms with Crippen molar-refractivity contribution in [1.82, 2.24) is 20.1 Å². The standard InChI is InChI=1S/C22H19N5O2/c1-13-17-4-2-3-5-18(17)22(29)27(13)12-19(28)23-16-10-8-15(9-11-16)21-24-20(25-26-21)14-6-7-14/h2-5,8-11,14H,1,6-7,12H2,(H,23,28)(H,24,25,26). The van der Waals surface area contributed by atoms with Crippen molar-refractivity contribution in [2.24, 2.45) is 0 Å². The lowest BCUT2D eigenvalue weighted by molar-refractivity contribution is -0.116. The molecule has 0 atom stereocenters. The number of H-pyrrole nitrogens is 1. The molecule has 0 unspecified atom stereocenters. The minimum atomic E-state index is -0.283. The van der Waals surface area contributed by atoms with Crippen molar-refractivity contribution in [2.45, 2.75) is 18.8 Å². The van der Waals surface area contributed by atoms with Crippen molar-refractivity contribution < 1.29 is 9.59 Å². The third kappa shape index (κ3) is 3.20. The van der Waals surface area contributed by atoms with E-state index in [0.717, 1.165) is 29.8 Å². The Morgan fingerprint density at radius 1 is 1.14 bits per heavy atom. The minimum Gasteiger partial charge on any atom is -0.325 e. The highest BCUT2D eigenvalue weighted by atomic mass is 16.2. The van der Waals surface area contributed by atoms with Gasteiger partial charge in [0.05, 0.1) is 0 Å². The Balaban J connectivity index is 1.24. The van der Waals surface area contributed by atoms with Crippen LogP contribution in [-0.4, -0.2) is 38.4 Å². The fourth-order valence-corrected chi connectivity index (χ4v) is 3.49. The number of hydrogen-bond acceptors (Lipinski definition) is 4. The summed E-state index contributed by atoms with van der Waals surface area (Å²) in [7, 11) is 0. The second-order valence-corrected chi connectivity index (χ2v) is 7.33. The smallest absolute Gasteiger partial charge is 0.259 e. The zero-order valence-corrected chi connectivity index (χ0v) is 15.7. The van der Waals surface area contributed by atoms with Crippen LogP contribution in [0.25, 0.3) is 17.1 Å². The lowest BCUT2D eigenvalue weighted by Gasteiger charge is -2.17. The largest absolute Gasteiger partial charge is 0.325 e. The van der Waals surface area contributed by atoms with Gasteiger partial charge in [0.25, 0.3) is 5.91 Å². The number of hydrogen-bond donors (Lipinski definition) is 2. The number of nitrogens with one attached hydrogen (secondary N) is 2. The number of benzene rings is 2. The van der Waals surface area contributed by atoms with Crippen LogP contribution in [0.5, 0.6) is 0 Å². The second kappa shape index (κ2) is 6.70.